The number of aromatic nitrogens is 2. The lowest BCUT2D eigenvalue weighted by molar-refractivity contribution is -0.138. The van der Waals surface area contributed by atoms with E-state index in [4.69, 9.17) is 4.74 Å². The van der Waals surface area contributed by atoms with Gasteiger partial charge in [-0.25, -0.2) is 4.98 Å². The van der Waals surface area contributed by atoms with Crippen LogP contribution in [0, 0.1) is 3.57 Å². The number of aromatic amines is 1. The average Bonchev–Trinajstić information content (AvgIpc) is 3.51. The second-order valence-electron chi connectivity index (χ2n) is 10.0. The second-order valence-corrected chi connectivity index (χ2v) is 12.3. The molecule has 1 fully saturated rings. The number of amides is 4. The number of ether oxygens (including phenoxy) is 1. The van der Waals surface area contributed by atoms with Gasteiger partial charge in [-0.3, -0.25) is 24.1 Å². The van der Waals surface area contributed by atoms with Crippen LogP contribution in [0.5, 0.6) is 5.75 Å². The van der Waals surface area contributed by atoms with Crippen LogP contribution < -0.4 is 15.4 Å². The normalized spacial score (nSPS) is 14.9. The van der Waals surface area contributed by atoms with Crippen LogP contribution >= 0.6 is 34.4 Å². The van der Waals surface area contributed by atoms with Gasteiger partial charge in [0.2, 0.25) is 17.7 Å². The largest absolute Gasteiger partial charge is 0.494 e. The number of likely N-dealkylation sites (tertiary alicyclic amines) is 1. The van der Waals surface area contributed by atoms with Crippen molar-refractivity contribution in [2.45, 2.75) is 50.2 Å². The van der Waals surface area contributed by atoms with E-state index >= 15 is 0 Å². The van der Waals surface area contributed by atoms with E-state index in [0.717, 1.165) is 51.9 Å². The number of benzene rings is 2. The summed E-state index contributed by atoms with van der Waals surface area (Å²) in [4.78, 5) is 57.6. The Bertz CT molecular complexity index is 1400. The van der Waals surface area contributed by atoms with Crippen molar-refractivity contribution in [3.8, 4) is 5.75 Å². The third-order valence-electron chi connectivity index (χ3n) is 6.95. The number of halogens is 1. The molecule has 1 aliphatic heterocycles. The molecule has 4 amide bonds. The van der Waals surface area contributed by atoms with E-state index < -0.39 is 0 Å². The predicted octanol–water partition coefficient (Wildman–Crippen LogP) is 4.08. The zero-order valence-electron chi connectivity index (χ0n) is 23.6. The number of imide groups is 1. The molecule has 4 rings (SSSR count). The van der Waals surface area contributed by atoms with Crippen molar-refractivity contribution < 1.29 is 23.9 Å². The Morgan fingerprint density at radius 2 is 1.88 bits per heavy atom. The summed E-state index contributed by atoms with van der Waals surface area (Å²) in [5.41, 5.74) is 2.46. The number of H-pyrrole nitrogens is 1. The predicted molar refractivity (Wildman–Crippen MR) is 172 cm³/mol. The standard InChI is InChI=1S/C30H36IN5O5S/c1-42-25-19-28(38)36(30(25)40)16-15-32-27(37)7-3-5-17-41-22-12-13-23-24(18-22)35-26(34-23)6-2-4-14-33-29(39)20-8-10-21(31)11-9-20/h8-13,18,25H,2-7,14-17,19H2,1H3,(H,32,37)(H,33,39)(H,34,35)/i31-2. The van der Waals surface area contributed by atoms with Gasteiger partial charge in [0.1, 0.15) is 11.6 Å². The van der Waals surface area contributed by atoms with Crippen LogP contribution in [-0.4, -0.2) is 76.2 Å². The molecular formula is C30H36IN5O5S. The van der Waals surface area contributed by atoms with Gasteiger partial charge < -0.3 is 20.4 Å². The third kappa shape index (κ3) is 9.18. The maximum atomic E-state index is 12.2. The van der Waals surface area contributed by atoms with E-state index in [0.29, 0.717) is 31.6 Å². The van der Waals surface area contributed by atoms with Crippen LogP contribution in [0.2, 0.25) is 0 Å². The van der Waals surface area contributed by atoms with Crippen molar-refractivity contribution >= 4 is 69.0 Å². The zero-order chi connectivity index (χ0) is 29.9. The molecular weight excluding hydrogens is 667 g/mol. The summed E-state index contributed by atoms with van der Waals surface area (Å²) in [7, 11) is 0. The minimum Gasteiger partial charge on any atom is -0.494 e. The van der Waals surface area contributed by atoms with E-state index in [1.165, 1.54) is 16.7 Å². The topological polar surface area (TPSA) is 133 Å². The van der Waals surface area contributed by atoms with Crippen LogP contribution in [0.3, 0.4) is 0 Å². The maximum Gasteiger partial charge on any atom is 0.251 e. The number of carbonyl (C=O) groups excluding carboxylic acids is 4. The number of fused-ring (bicyclic) bond motifs is 1. The molecule has 0 radical (unpaired) electrons. The van der Waals surface area contributed by atoms with Gasteiger partial charge in [0.25, 0.3) is 5.91 Å². The Morgan fingerprint density at radius 1 is 1.07 bits per heavy atom. The number of imidazole rings is 1. The number of unbranched alkanes of at least 4 members (excludes halogenated alkanes) is 2. The minimum atomic E-state index is -0.300. The second kappa shape index (κ2) is 15.9. The molecule has 42 heavy (non-hydrogen) atoms. The highest BCUT2D eigenvalue weighted by molar-refractivity contribution is 14.1. The number of hydrogen-bond acceptors (Lipinski definition) is 7. The smallest absolute Gasteiger partial charge is 0.251 e. The summed E-state index contributed by atoms with van der Waals surface area (Å²) in [6, 6.07) is 13.3. The summed E-state index contributed by atoms with van der Waals surface area (Å²) in [6.07, 6.45) is 6.35. The van der Waals surface area contributed by atoms with Crippen molar-refractivity contribution in [1.29, 1.82) is 0 Å². The number of nitrogens with zero attached hydrogens (tertiary/aromatic N) is 2. The monoisotopic (exact) mass is 703 g/mol. The van der Waals surface area contributed by atoms with Gasteiger partial charge in [-0.2, -0.15) is 11.8 Å². The lowest BCUT2D eigenvalue weighted by atomic mass is 10.2. The van der Waals surface area contributed by atoms with Crippen molar-refractivity contribution in [3.05, 3.63) is 57.4 Å². The Morgan fingerprint density at radius 3 is 2.64 bits per heavy atom. The Kier molecular flexibility index (Phi) is 12.1. The molecule has 2 heterocycles. The van der Waals surface area contributed by atoms with E-state index in [2.05, 4.69) is 43.2 Å². The van der Waals surface area contributed by atoms with Crippen molar-refractivity contribution in [3.63, 3.8) is 0 Å². The molecule has 1 saturated heterocycles. The lowest BCUT2D eigenvalue weighted by Crippen LogP contribution is -2.38. The molecule has 2 aromatic carbocycles. The fourth-order valence-electron chi connectivity index (χ4n) is 4.62. The fraction of sp³-hybridized carbons (Fsp3) is 0.433. The van der Waals surface area contributed by atoms with Crippen LogP contribution in [0.25, 0.3) is 11.0 Å². The van der Waals surface area contributed by atoms with Gasteiger partial charge in [-0.05, 0) is 90.9 Å². The third-order valence-corrected chi connectivity index (χ3v) is 8.60. The SMILES string of the molecule is CSC1CC(=O)N(CCNC(=O)CCCCOc2ccc3nc(CCCCNC(=O)c4ccc([125I])cc4)[nH]c3c2)C1=O. The van der Waals surface area contributed by atoms with Gasteiger partial charge in [-0.1, -0.05) is 0 Å². The highest BCUT2D eigenvalue weighted by atomic mass is 125. The fourth-order valence-corrected chi connectivity index (χ4v) is 5.62. The first-order valence-corrected chi connectivity index (χ1v) is 16.5. The first-order valence-electron chi connectivity index (χ1n) is 14.1. The minimum absolute atomic E-state index is 0.0548. The summed E-state index contributed by atoms with van der Waals surface area (Å²) >= 11 is 3.60. The van der Waals surface area contributed by atoms with Gasteiger partial charge in [-0.15, -0.1) is 0 Å². The summed E-state index contributed by atoms with van der Waals surface area (Å²) in [5, 5.41) is 5.45. The Balaban J connectivity index is 1.08. The van der Waals surface area contributed by atoms with Crippen LogP contribution in [-0.2, 0) is 20.8 Å². The molecule has 10 nitrogen and oxygen atoms in total. The molecule has 0 aliphatic carbocycles. The van der Waals surface area contributed by atoms with Crippen molar-refractivity contribution in [1.82, 2.24) is 25.5 Å². The Hall–Kier alpha value is -3.13. The van der Waals surface area contributed by atoms with Crippen LogP contribution in [0.1, 0.15) is 54.7 Å². The van der Waals surface area contributed by atoms with E-state index in [9.17, 15) is 19.2 Å². The number of thioether (sulfide) groups is 1. The lowest BCUT2D eigenvalue weighted by Gasteiger charge is -2.14. The number of carbonyl (C=O) groups is 4. The molecule has 3 N–H and O–H groups in total. The van der Waals surface area contributed by atoms with Gasteiger partial charge in [0.15, 0.2) is 0 Å². The van der Waals surface area contributed by atoms with Crippen LogP contribution in [0.4, 0.5) is 0 Å². The number of nitrogens with one attached hydrogen (secondary N) is 3. The zero-order valence-corrected chi connectivity index (χ0v) is 26.6. The molecule has 0 bridgehead atoms. The van der Waals surface area contributed by atoms with Gasteiger partial charge in [0.05, 0.1) is 22.9 Å². The van der Waals surface area contributed by atoms with Gasteiger partial charge in [0, 0.05) is 54.1 Å². The number of hydrogen-bond donors (Lipinski definition) is 3. The molecule has 1 unspecified atom stereocenters. The molecule has 12 heteroatoms. The van der Waals surface area contributed by atoms with E-state index in [1.54, 1.807) is 0 Å². The molecule has 3 aromatic rings. The molecule has 224 valence electrons. The maximum absolute atomic E-state index is 12.2. The highest BCUT2D eigenvalue weighted by Gasteiger charge is 2.37. The summed E-state index contributed by atoms with van der Waals surface area (Å²) in [5.74, 6) is 1.14. The average molecular weight is 704 g/mol. The number of aryl methyl sites for hydroxylation is 1. The summed E-state index contributed by atoms with van der Waals surface area (Å²) < 4.78 is 6.97. The van der Waals surface area contributed by atoms with E-state index in [1.807, 2.05) is 48.7 Å². The highest BCUT2D eigenvalue weighted by Crippen LogP contribution is 2.23. The molecule has 1 atom stereocenters. The quantitative estimate of drug-likeness (QED) is 0.116. The van der Waals surface area contributed by atoms with Gasteiger partial charge >= 0.3 is 0 Å². The number of rotatable bonds is 16. The van der Waals surface area contributed by atoms with Crippen LogP contribution in [0.15, 0.2) is 42.5 Å². The molecule has 0 saturated carbocycles. The summed E-state index contributed by atoms with van der Waals surface area (Å²) in [6.45, 7) is 1.59. The molecule has 1 aromatic heterocycles. The first kappa shape index (κ1) is 31.8. The van der Waals surface area contributed by atoms with E-state index in [-0.39, 0.29) is 48.4 Å². The molecule has 0 spiro atoms. The first-order chi connectivity index (χ1) is 20.3. The van der Waals surface area contributed by atoms with Crippen molar-refractivity contribution in [2.24, 2.45) is 0 Å². The Labute approximate surface area is 263 Å². The molecule has 1 aliphatic rings. The van der Waals surface area contributed by atoms with Crippen molar-refractivity contribution in [2.75, 3.05) is 32.5 Å².